The van der Waals surface area contributed by atoms with Crippen LogP contribution in [0.15, 0.2) is 35.8 Å². The van der Waals surface area contributed by atoms with E-state index < -0.39 is 0 Å². The van der Waals surface area contributed by atoms with E-state index in [0.717, 1.165) is 27.4 Å². The van der Waals surface area contributed by atoms with E-state index in [0.29, 0.717) is 0 Å². The van der Waals surface area contributed by atoms with Gasteiger partial charge in [-0.1, -0.05) is 12.1 Å². The molecule has 78 valence electrons. The van der Waals surface area contributed by atoms with Crippen molar-refractivity contribution in [3.8, 4) is 11.4 Å². The predicted molar refractivity (Wildman–Crippen MR) is 65.4 cm³/mol. The Morgan fingerprint density at radius 3 is 2.56 bits per heavy atom. The molecule has 0 saturated carbocycles. The van der Waals surface area contributed by atoms with Crippen LogP contribution in [0, 0.1) is 6.92 Å². The van der Waals surface area contributed by atoms with E-state index in [4.69, 9.17) is 0 Å². The highest BCUT2D eigenvalue weighted by atomic mass is 32.1. The van der Waals surface area contributed by atoms with Crippen LogP contribution in [-0.2, 0) is 0 Å². The first-order valence-electron chi connectivity index (χ1n) is 4.97. The summed E-state index contributed by atoms with van der Waals surface area (Å²) in [5, 5.41) is 3.05. The Balaban J connectivity index is 2.18. The molecule has 3 rings (SSSR count). The molecule has 2 heterocycles. The molecule has 0 aliphatic heterocycles. The van der Waals surface area contributed by atoms with Crippen molar-refractivity contribution in [1.29, 1.82) is 0 Å². The first-order chi connectivity index (χ1) is 7.83. The molecule has 0 saturated heterocycles. The predicted octanol–water partition coefficient (Wildman–Crippen LogP) is 3.06. The summed E-state index contributed by atoms with van der Waals surface area (Å²) >= 11 is 1.63. The van der Waals surface area contributed by atoms with Gasteiger partial charge >= 0.3 is 0 Å². The molecule has 0 bridgehead atoms. The molecule has 0 spiro atoms. The number of nitrogens with zero attached hydrogens (tertiary/aromatic N) is 3. The molecule has 0 unspecified atom stereocenters. The molecule has 0 amide bonds. The maximum absolute atomic E-state index is 4.54. The van der Waals surface area contributed by atoms with Crippen LogP contribution >= 0.6 is 11.3 Å². The highest BCUT2D eigenvalue weighted by Crippen LogP contribution is 2.20. The lowest BCUT2D eigenvalue weighted by atomic mass is 10.3. The van der Waals surface area contributed by atoms with Crippen molar-refractivity contribution >= 4 is 22.4 Å². The van der Waals surface area contributed by atoms with E-state index in [9.17, 15) is 0 Å². The van der Waals surface area contributed by atoms with Crippen LogP contribution in [0.25, 0.3) is 22.4 Å². The van der Waals surface area contributed by atoms with Gasteiger partial charge in [0, 0.05) is 5.38 Å². The molecule has 0 aliphatic carbocycles. The third-order valence-electron chi connectivity index (χ3n) is 2.33. The minimum absolute atomic E-state index is 0.836. The number of rotatable bonds is 1. The van der Waals surface area contributed by atoms with Crippen molar-refractivity contribution in [3.63, 3.8) is 0 Å². The average Bonchev–Trinajstić information content (AvgIpc) is 2.75. The average molecular weight is 227 g/mol. The molecular formula is C12H9N3S. The Morgan fingerprint density at radius 1 is 1.00 bits per heavy atom. The Morgan fingerprint density at radius 2 is 1.81 bits per heavy atom. The second kappa shape index (κ2) is 3.64. The third-order valence-corrected chi connectivity index (χ3v) is 3.10. The zero-order valence-corrected chi connectivity index (χ0v) is 9.53. The maximum Gasteiger partial charge on any atom is 0.109 e. The highest BCUT2D eigenvalue weighted by Gasteiger charge is 2.05. The highest BCUT2D eigenvalue weighted by molar-refractivity contribution is 7.09. The van der Waals surface area contributed by atoms with E-state index in [1.165, 1.54) is 0 Å². The number of aryl methyl sites for hydroxylation is 1. The van der Waals surface area contributed by atoms with Gasteiger partial charge in [-0.15, -0.1) is 11.3 Å². The van der Waals surface area contributed by atoms with E-state index >= 15 is 0 Å². The van der Waals surface area contributed by atoms with Crippen molar-refractivity contribution in [2.24, 2.45) is 0 Å². The largest absolute Gasteiger partial charge is 0.252 e. The van der Waals surface area contributed by atoms with Crippen molar-refractivity contribution in [3.05, 3.63) is 40.8 Å². The van der Waals surface area contributed by atoms with Crippen molar-refractivity contribution in [1.82, 2.24) is 15.0 Å². The summed E-state index contributed by atoms with van der Waals surface area (Å²) in [5.74, 6) is 0. The van der Waals surface area contributed by atoms with Crippen LogP contribution in [-0.4, -0.2) is 15.0 Å². The zero-order valence-electron chi connectivity index (χ0n) is 8.71. The van der Waals surface area contributed by atoms with Crippen LogP contribution in [0.2, 0.25) is 0 Å². The Kier molecular flexibility index (Phi) is 2.15. The molecule has 0 aliphatic rings. The number of aromatic nitrogens is 3. The van der Waals surface area contributed by atoms with Crippen molar-refractivity contribution in [2.75, 3.05) is 0 Å². The molecule has 4 heteroatoms. The lowest BCUT2D eigenvalue weighted by Gasteiger charge is -1.98. The number of fused-ring (bicyclic) bond motifs is 1. The van der Waals surface area contributed by atoms with E-state index in [1.54, 1.807) is 17.5 Å². The quantitative estimate of drug-likeness (QED) is 0.641. The van der Waals surface area contributed by atoms with Crippen LogP contribution in [0.4, 0.5) is 0 Å². The fourth-order valence-corrected chi connectivity index (χ4v) is 2.17. The minimum Gasteiger partial charge on any atom is -0.252 e. The summed E-state index contributed by atoms with van der Waals surface area (Å²) < 4.78 is 0. The van der Waals surface area contributed by atoms with Crippen molar-refractivity contribution < 1.29 is 0 Å². The molecule has 0 fully saturated rings. The Labute approximate surface area is 96.8 Å². The van der Waals surface area contributed by atoms with Crippen LogP contribution < -0.4 is 0 Å². The monoisotopic (exact) mass is 227 g/mol. The van der Waals surface area contributed by atoms with Crippen molar-refractivity contribution in [2.45, 2.75) is 6.92 Å². The standard InChI is InChI=1S/C12H9N3S/c1-8-14-12(7-16-8)11-6-13-9-4-2-3-5-10(9)15-11/h2-7H,1H3. The fraction of sp³-hybridized carbons (Fsp3) is 0.0833. The summed E-state index contributed by atoms with van der Waals surface area (Å²) in [4.78, 5) is 13.3. The van der Waals surface area contributed by atoms with Gasteiger partial charge in [-0.25, -0.2) is 9.97 Å². The van der Waals surface area contributed by atoms with Gasteiger partial charge in [-0.3, -0.25) is 4.98 Å². The molecule has 0 atom stereocenters. The minimum atomic E-state index is 0.836. The molecule has 1 aromatic carbocycles. The number of hydrogen-bond acceptors (Lipinski definition) is 4. The second-order valence-electron chi connectivity index (χ2n) is 3.50. The summed E-state index contributed by atoms with van der Waals surface area (Å²) in [6.07, 6.45) is 1.77. The fourth-order valence-electron chi connectivity index (χ4n) is 1.56. The van der Waals surface area contributed by atoms with E-state index in [1.807, 2.05) is 36.6 Å². The number of hydrogen-bond donors (Lipinski definition) is 0. The zero-order chi connectivity index (χ0) is 11.0. The van der Waals surface area contributed by atoms with Gasteiger partial charge in [-0.05, 0) is 19.1 Å². The summed E-state index contributed by atoms with van der Waals surface area (Å²) in [6.45, 7) is 1.99. The normalized spacial score (nSPS) is 10.8. The maximum atomic E-state index is 4.54. The number of thiazole rings is 1. The summed E-state index contributed by atoms with van der Waals surface area (Å²) in [5.41, 5.74) is 3.56. The number of para-hydroxylation sites is 2. The molecule has 3 aromatic rings. The lowest BCUT2D eigenvalue weighted by molar-refractivity contribution is 1.23. The van der Waals surface area contributed by atoms with E-state index in [2.05, 4.69) is 15.0 Å². The first kappa shape index (κ1) is 9.42. The van der Waals surface area contributed by atoms with Gasteiger partial charge in [0.2, 0.25) is 0 Å². The molecule has 3 nitrogen and oxygen atoms in total. The SMILES string of the molecule is Cc1nc(-c2cnc3ccccc3n2)cs1. The molecule has 2 aromatic heterocycles. The van der Waals surface area contributed by atoms with E-state index in [-0.39, 0.29) is 0 Å². The van der Waals surface area contributed by atoms with Gasteiger partial charge in [0.05, 0.1) is 22.2 Å². The molecule has 16 heavy (non-hydrogen) atoms. The summed E-state index contributed by atoms with van der Waals surface area (Å²) in [6, 6.07) is 7.85. The second-order valence-corrected chi connectivity index (χ2v) is 4.56. The van der Waals surface area contributed by atoms with Crippen LogP contribution in [0.5, 0.6) is 0 Å². The Bertz CT molecular complexity index is 645. The topological polar surface area (TPSA) is 38.7 Å². The van der Waals surface area contributed by atoms with Gasteiger partial charge < -0.3 is 0 Å². The van der Waals surface area contributed by atoms with Gasteiger partial charge in [0.15, 0.2) is 0 Å². The number of benzene rings is 1. The molecular weight excluding hydrogens is 218 g/mol. The van der Waals surface area contributed by atoms with Gasteiger partial charge in [0.25, 0.3) is 0 Å². The van der Waals surface area contributed by atoms with Crippen LogP contribution in [0.1, 0.15) is 5.01 Å². The smallest absolute Gasteiger partial charge is 0.109 e. The molecule has 0 N–H and O–H groups in total. The van der Waals surface area contributed by atoms with Gasteiger partial charge in [0.1, 0.15) is 11.4 Å². The summed E-state index contributed by atoms with van der Waals surface area (Å²) in [7, 11) is 0. The lowest BCUT2D eigenvalue weighted by Crippen LogP contribution is -1.88. The van der Waals surface area contributed by atoms with Gasteiger partial charge in [-0.2, -0.15) is 0 Å². The van der Waals surface area contributed by atoms with Crippen LogP contribution in [0.3, 0.4) is 0 Å². The first-order valence-corrected chi connectivity index (χ1v) is 5.85. The third kappa shape index (κ3) is 1.57. The molecule has 0 radical (unpaired) electrons. The Hall–Kier alpha value is -1.81.